The Balaban J connectivity index is 2.79. The molecule has 0 bridgehead atoms. The minimum Gasteiger partial charge on any atom is -0.366 e. The topological polar surface area (TPSA) is 9.23 Å². The molecule has 0 fully saturated rings. The Bertz CT molecular complexity index is 319. The first kappa shape index (κ1) is 14.0. The van der Waals surface area contributed by atoms with Crippen LogP contribution in [0.15, 0.2) is 43.0 Å². The van der Waals surface area contributed by atoms with E-state index in [1.165, 1.54) is 5.56 Å². The number of hydrogen-bond donors (Lipinski definition) is 0. The quantitative estimate of drug-likeness (QED) is 0.651. The summed E-state index contributed by atoms with van der Waals surface area (Å²) >= 11 is 0. The molecule has 0 radical (unpaired) electrons. The van der Waals surface area contributed by atoms with Crippen LogP contribution in [0.25, 0.3) is 0 Å². The molecule has 0 aliphatic carbocycles. The first-order chi connectivity index (χ1) is 8.06. The molecule has 94 valence electrons. The molecule has 1 atom stereocenters. The maximum absolute atomic E-state index is 6.19. The van der Waals surface area contributed by atoms with Gasteiger partial charge < -0.3 is 4.74 Å². The second-order valence-corrected chi connectivity index (χ2v) is 5.16. The summed E-state index contributed by atoms with van der Waals surface area (Å²) in [7, 11) is 0. The third-order valence-corrected chi connectivity index (χ3v) is 2.96. The maximum atomic E-state index is 6.19. The van der Waals surface area contributed by atoms with E-state index >= 15 is 0 Å². The minimum atomic E-state index is -0.00833. The Morgan fingerprint density at radius 1 is 1.00 bits per heavy atom. The van der Waals surface area contributed by atoms with Crippen molar-refractivity contribution in [2.45, 2.75) is 39.9 Å². The molecule has 1 unspecified atom stereocenters. The van der Waals surface area contributed by atoms with Crippen LogP contribution < -0.4 is 0 Å². The lowest BCUT2D eigenvalue weighted by Crippen LogP contribution is -2.27. The van der Waals surface area contributed by atoms with Crippen LogP contribution in [0.2, 0.25) is 0 Å². The average molecular weight is 232 g/mol. The van der Waals surface area contributed by atoms with E-state index in [2.05, 4.69) is 46.4 Å². The molecular weight excluding hydrogens is 208 g/mol. The van der Waals surface area contributed by atoms with Crippen LogP contribution in [-0.2, 0) is 4.74 Å². The largest absolute Gasteiger partial charge is 0.366 e. The normalized spacial score (nSPS) is 13.4. The Hall–Kier alpha value is -1.08. The smallest absolute Gasteiger partial charge is 0.101 e. The highest BCUT2D eigenvalue weighted by Gasteiger charge is 2.22. The van der Waals surface area contributed by atoms with Gasteiger partial charge in [0.2, 0.25) is 0 Å². The van der Waals surface area contributed by atoms with Gasteiger partial charge >= 0.3 is 0 Å². The number of ether oxygens (including phenoxy) is 1. The van der Waals surface area contributed by atoms with Crippen molar-refractivity contribution in [2.24, 2.45) is 11.8 Å². The van der Waals surface area contributed by atoms with Crippen molar-refractivity contribution in [3.05, 3.63) is 48.6 Å². The molecule has 0 saturated heterocycles. The summed E-state index contributed by atoms with van der Waals surface area (Å²) in [5, 5.41) is 0. The predicted molar refractivity (Wildman–Crippen MR) is 73.9 cm³/mol. The van der Waals surface area contributed by atoms with E-state index in [4.69, 9.17) is 4.74 Å². The molecule has 1 nitrogen and oxygen atoms in total. The fourth-order valence-corrected chi connectivity index (χ4v) is 2.17. The van der Waals surface area contributed by atoms with Gasteiger partial charge in [0.1, 0.15) is 6.10 Å². The molecule has 1 heteroatoms. The van der Waals surface area contributed by atoms with Gasteiger partial charge in [0, 0.05) is 0 Å². The van der Waals surface area contributed by atoms with Crippen LogP contribution in [0.1, 0.15) is 39.4 Å². The average Bonchev–Trinajstić information content (AvgIpc) is 2.30. The van der Waals surface area contributed by atoms with E-state index in [1.54, 1.807) is 0 Å². The molecule has 0 aliphatic heterocycles. The van der Waals surface area contributed by atoms with Gasteiger partial charge in [-0.05, 0) is 17.4 Å². The molecule has 0 spiro atoms. The molecule has 1 rings (SSSR count). The van der Waals surface area contributed by atoms with Crippen LogP contribution in [0.5, 0.6) is 0 Å². The fourth-order valence-electron chi connectivity index (χ4n) is 2.17. The summed E-state index contributed by atoms with van der Waals surface area (Å²) in [5.41, 5.74) is 1.17. The van der Waals surface area contributed by atoms with E-state index in [-0.39, 0.29) is 12.2 Å². The Kier molecular flexibility index (Phi) is 5.43. The molecule has 0 aromatic heterocycles. The van der Waals surface area contributed by atoms with Crippen LogP contribution in [0.3, 0.4) is 0 Å². The highest BCUT2D eigenvalue weighted by atomic mass is 16.5. The van der Waals surface area contributed by atoms with Crippen molar-refractivity contribution in [1.82, 2.24) is 0 Å². The Morgan fingerprint density at radius 2 is 1.53 bits per heavy atom. The minimum absolute atomic E-state index is 0.00833. The maximum Gasteiger partial charge on any atom is 0.101 e. The van der Waals surface area contributed by atoms with E-state index in [0.29, 0.717) is 11.8 Å². The second-order valence-electron chi connectivity index (χ2n) is 5.16. The molecule has 17 heavy (non-hydrogen) atoms. The van der Waals surface area contributed by atoms with E-state index in [9.17, 15) is 0 Å². The number of hydrogen-bond acceptors (Lipinski definition) is 1. The monoisotopic (exact) mass is 232 g/mol. The van der Waals surface area contributed by atoms with Crippen LogP contribution in [-0.4, -0.2) is 6.10 Å². The Morgan fingerprint density at radius 3 is 1.94 bits per heavy atom. The van der Waals surface area contributed by atoms with Crippen molar-refractivity contribution in [2.75, 3.05) is 0 Å². The first-order valence-electron chi connectivity index (χ1n) is 6.39. The summed E-state index contributed by atoms with van der Waals surface area (Å²) in [5.74, 6) is 1.03. The lowest BCUT2D eigenvalue weighted by molar-refractivity contribution is -0.0408. The van der Waals surface area contributed by atoms with Gasteiger partial charge in [-0.25, -0.2) is 0 Å². The highest BCUT2D eigenvalue weighted by Crippen LogP contribution is 2.26. The van der Waals surface area contributed by atoms with Crippen molar-refractivity contribution in [3.8, 4) is 0 Å². The van der Waals surface area contributed by atoms with Gasteiger partial charge in [-0.2, -0.15) is 0 Å². The molecule has 0 aliphatic rings. The van der Waals surface area contributed by atoms with Gasteiger partial charge in [-0.3, -0.25) is 0 Å². The first-order valence-corrected chi connectivity index (χ1v) is 6.39. The third kappa shape index (κ3) is 4.01. The summed E-state index contributed by atoms with van der Waals surface area (Å²) < 4.78 is 6.19. The SMILES string of the molecule is C=CC(OC(C(C)C)C(C)C)c1ccccc1. The highest BCUT2D eigenvalue weighted by molar-refractivity contribution is 5.20. The summed E-state index contributed by atoms with van der Waals surface area (Å²) in [6.45, 7) is 12.7. The van der Waals surface area contributed by atoms with Crippen molar-refractivity contribution in [1.29, 1.82) is 0 Å². The molecule has 0 N–H and O–H groups in total. The zero-order valence-corrected chi connectivity index (χ0v) is 11.4. The third-order valence-electron chi connectivity index (χ3n) is 2.96. The van der Waals surface area contributed by atoms with E-state index in [0.717, 1.165) is 0 Å². The molecule has 1 aromatic carbocycles. The Labute approximate surface area is 106 Å². The zero-order valence-electron chi connectivity index (χ0n) is 11.4. The van der Waals surface area contributed by atoms with Crippen molar-refractivity contribution in [3.63, 3.8) is 0 Å². The summed E-state index contributed by atoms with van der Waals surface area (Å²) in [6.07, 6.45) is 2.14. The van der Waals surface area contributed by atoms with Gasteiger partial charge in [0.25, 0.3) is 0 Å². The zero-order chi connectivity index (χ0) is 12.8. The van der Waals surface area contributed by atoms with Gasteiger partial charge in [0.05, 0.1) is 6.10 Å². The number of rotatable bonds is 6. The molecule has 0 heterocycles. The lowest BCUT2D eigenvalue weighted by Gasteiger charge is -2.29. The summed E-state index contributed by atoms with van der Waals surface area (Å²) in [4.78, 5) is 0. The van der Waals surface area contributed by atoms with Gasteiger partial charge in [-0.1, -0.05) is 64.1 Å². The van der Waals surface area contributed by atoms with E-state index < -0.39 is 0 Å². The van der Waals surface area contributed by atoms with Crippen molar-refractivity contribution >= 4 is 0 Å². The van der Waals surface area contributed by atoms with Crippen molar-refractivity contribution < 1.29 is 4.74 Å². The molecule has 0 saturated carbocycles. The van der Waals surface area contributed by atoms with Crippen LogP contribution >= 0.6 is 0 Å². The van der Waals surface area contributed by atoms with Crippen LogP contribution in [0.4, 0.5) is 0 Å². The van der Waals surface area contributed by atoms with E-state index in [1.807, 2.05) is 24.3 Å². The fraction of sp³-hybridized carbons (Fsp3) is 0.500. The summed E-state index contributed by atoms with van der Waals surface area (Å²) in [6, 6.07) is 10.3. The van der Waals surface area contributed by atoms with Crippen LogP contribution in [0, 0.1) is 11.8 Å². The standard InChI is InChI=1S/C16H24O/c1-6-15(14-10-8-7-9-11-14)17-16(12(2)3)13(4)5/h6-13,15-16H,1H2,2-5H3. The van der Waals surface area contributed by atoms with Gasteiger partial charge in [-0.15, -0.1) is 6.58 Å². The number of benzene rings is 1. The molecular formula is C16H24O. The van der Waals surface area contributed by atoms with Gasteiger partial charge in [0.15, 0.2) is 0 Å². The molecule has 0 amide bonds. The lowest BCUT2D eigenvalue weighted by atomic mass is 9.95. The molecule has 1 aromatic rings. The second kappa shape index (κ2) is 6.61. The predicted octanol–water partition coefficient (Wildman–Crippen LogP) is 4.61.